The Morgan fingerprint density at radius 1 is 1.50 bits per heavy atom. The van der Waals surface area contributed by atoms with Gasteiger partial charge >= 0.3 is 5.97 Å². The molecule has 0 radical (unpaired) electrons. The van der Waals surface area contributed by atoms with Gasteiger partial charge in [-0.2, -0.15) is 0 Å². The van der Waals surface area contributed by atoms with Crippen LogP contribution in [0.3, 0.4) is 0 Å². The minimum atomic E-state index is -1.23. The minimum absolute atomic E-state index is 0.467. The fourth-order valence-electron chi connectivity index (χ4n) is 1.30. The van der Waals surface area contributed by atoms with Gasteiger partial charge in [0.1, 0.15) is 5.75 Å². The van der Waals surface area contributed by atoms with Crippen LogP contribution in [-0.4, -0.2) is 16.7 Å². The van der Waals surface area contributed by atoms with Crippen LogP contribution in [0, 0.1) is 6.92 Å². The van der Waals surface area contributed by atoms with Crippen LogP contribution in [0.4, 0.5) is 0 Å². The zero-order chi connectivity index (χ0) is 12.3. The molecule has 0 unspecified atom stereocenters. The highest BCUT2D eigenvalue weighted by atomic mass is 16.5. The molecule has 1 rings (SSSR count). The Bertz CT molecular complexity index is 399. The van der Waals surface area contributed by atoms with Crippen LogP contribution in [0.15, 0.2) is 18.2 Å². The Hall–Kier alpha value is -1.55. The van der Waals surface area contributed by atoms with Crippen molar-refractivity contribution in [2.75, 3.05) is 0 Å². The summed E-state index contributed by atoms with van der Waals surface area (Å²) in [5.41, 5.74) is 6.35. The van der Waals surface area contributed by atoms with Crippen molar-refractivity contribution < 1.29 is 14.6 Å². The number of ether oxygens (including phenoxy) is 1. The number of aliphatic carboxylic acids is 1. The van der Waals surface area contributed by atoms with E-state index in [4.69, 9.17) is 15.6 Å². The van der Waals surface area contributed by atoms with Gasteiger partial charge in [0.05, 0.1) is 0 Å². The van der Waals surface area contributed by atoms with E-state index < -0.39 is 11.6 Å². The molecule has 0 aliphatic rings. The normalized spacial score (nSPS) is 11.2. The van der Waals surface area contributed by atoms with Gasteiger partial charge < -0.3 is 15.6 Å². The summed E-state index contributed by atoms with van der Waals surface area (Å²) in [7, 11) is 0. The molecule has 0 saturated heterocycles. The smallest absolute Gasteiger partial charge is 0.347 e. The van der Waals surface area contributed by atoms with Crippen LogP contribution in [0.5, 0.6) is 5.75 Å². The van der Waals surface area contributed by atoms with Gasteiger partial charge in [-0.25, -0.2) is 4.79 Å². The monoisotopic (exact) mass is 223 g/mol. The molecule has 0 saturated carbocycles. The van der Waals surface area contributed by atoms with Gasteiger partial charge in [-0.3, -0.25) is 0 Å². The number of aryl methyl sites for hydroxylation is 1. The zero-order valence-corrected chi connectivity index (χ0v) is 9.78. The largest absolute Gasteiger partial charge is 0.478 e. The average Bonchev–Trinajstić information content (AvgIpc) is 2.17. The highest BCUT2D eigenvalue weighted by Gasteiger charge is 2.29. The van der Waals surface area contributed by atoms with Gasteiger partial charge in [-0.1, -0.05) is 6.07 Å². The SMILES string of the molecule is Cc1cc(OC(C)(C)C(=O)O)ccc1CN. The van der Waals surface area contributed by atoms with Crippen LogP contribution in [0.2, 0.25) is 0 Å². The van der Waals surface area contributed by atoms with Crippen LogP contribution < -0.4 is 10.5 Å². The first-order valence-electron chi connectivity index (χ1n) is 5.09. The van der Waals surface area contributed by atoms with Crippen molar-refractivity contribution in [1.82, 2.24) is 0 Å². The maximum Gasteiger partial charge on any atom is 0.347 e. The van der Waals surface area contributed by atoms with E-state index in [1.54, 1.807) is 12.1 Å². The summed E-state index contributed by atoms with van der Waals surface area (Å²) in [6.07, 6.45) is 0. The number of hydrogen-bond donors (Lipinski definition) is 2. The molecule has 0 aromatic heterocycles. The Morgan fingerprint density at radius 3 is 2.56 bits per heavy atom. The van der Waals surface area contributed by atoms with Crippen molar-refractivity contribution >= 4 is 5.97 Å². The molecule has 0 atom stereocenters. The van der Waals surface area contributed by atoms with Crippen molar-refractivity contribution in [1.29, 1.82) is 0 Å². The molecule has 0 heterocycles. The standard InChI is InChI=1S/C12H17NO3/c1-8-6-10(5-4-9(8)7-13)16-12(2,3)11(14)15/h4-6H,7,13H2,1-3H3,(H,14,15). The molecule has 16 heavy (non-hydrogen) atoms. The first-order chi connectivity index (χ1) is 7.36. The van der Waals surface area contributed by atoms with Crippen molar-refractivity contribution in [3.05, 3.63) is 29.3 Å². The van der Waals surface area contributed by atoms with Crippen molar-refractivity contribution in [3.8, 4) is 5.75 Å². The lowest BCUT2D eigenvalue weighted by Crippen LogP contribution is -2.37. The third kappa shape index (κ3) is 2.73. The first kappa shape index (κ1) is 12.5. The number of carbonyl (C=O) groups is 1. The van der Waals surface area contributed by atoms with Crippen molar-refractivity contribution in [2.24, 2.45) is 5.73 Å². The summed E-state index contributed by atoms with van der Waals surface area (Å²) in [4.78, 5) is 10.9. The van der Waals surface area contributed by atoms with Gasteiger partial charge in [0.2, 0.25) is 0 Å². The summed E-state index contributed by atoms with van der Waals surface area (Å²) < 4.78 is 5.40. The maximum atomic E-state index is 10.9. The molecule has 0 aliphatic carbocycles. The summed E-state index contributed by atoms with van der Waals surface area (Å²) in [6.45, 7) is 5.42. The first-order valence-corrected chi connectivity index (χ1v) is 5.09. The molecule has 0 spiro atoms. The molecule has 0 aliphatic heterocycles. The highest BCUT2D eigenvalue weighted by molar-refractivity contribution is 5.76. The highest BCUT2D eigenvalue weighted by Crippen LogP contribution is 2.21. The number of hydrogen-bond acceptors (Lipinski definition) is 3. The second-order valence-corrected chi connectivity index (χ2v) is 4.21. The molecule has 0 fully saturated rings. The van der Waals surface area contributed by atoms with E-state index in [1.165, 1.54) is 13.8 Å². The molecule has 1 aromatic rings. The van der Waals surface area contributed by atoms with E-state index in [9.17, 15) is 4.79 Å². The predicted molar refractivity (Wildman–Crippen MR) is 61.4 cm³/mol. The second-order valence-electron chi connectivity index (χ2n) is 4.21. The van der Waals surface area contributed by atoms with E-state index >= 15 is 0 Å². The second kappa shape index (κ2) is 4.53. The van der Waals surface area contributed by atoms with E-state index in [0.717, 1.165) is 11.1 Å². The number of rotatable bonds is 4. The minimum Gasteiger partial charge on any atom is -0.478 e. The molecule has 88 valence electrons. The molecule has 1 aromatic carbocycles. The predicted octanol–water partition coefficient (Wildman–Crippen LogP) is 1.70. The summed E-state index contributed by atoms with van der Waals surface area (Å²) in [5.74, 6) is -0.449. The van der Waals surface area contributed by atoms with Gasteiger partial charge in [0.25, 0.3) is 0 Å². The Morgan fingerprint density at radius 2 is 2.12 bits per heavy atom. The fraction of sp³-hybridized carbons (Fsp3) is 0.417. The quantitative estimate of drug-likeness (QED) is 0.814. The average molecular weight is 223 g/mol. The third-order valence-corrected chi connectivity index (χ3v) is 2.42. The summed E-state index contributed by atoms with van der Waals surface area (Å²) in [6, 6.07) is 5.38. The van der Waals surface area contributed by atoms with Crippen molar-refractivity contribution in [2.45, 2.75) is 32.9 Å². The van der Waals surface area contributed by atoms with E-state index in [-0.39, 0.29) is 0 Å². The molecular formula is C12H17NO3. The third-order valence-electron chi connectivity index (χ3n) is 2.42. The van der Waals surface area contributed by atoms with Crippen molar-refractivity contribution in [3.63, 3.8) is 0 Å². The molecule has 0 bridgehead atoms. The zero-order valence-electron chi connectivity index (χ0n) is 9.78. The Balaban J connectivity index is 2.91. The van der Waals surface area contributed by atoms with E-state index in [0.29, 0.717) is 12.3 Å². The molecule has 3 N–H and O–H groups in total. The Labute approximate surface area is 95.0 Å². The molecule has 4 nitrogen and oxygen atoms in total. The van der Waals surface area contributed by atoms with Crippen LogP contribution in [0.1, 0.15) is 25.0 Å². The van der Waals surface area contributed by atoms with Crippen LogP contribution in [-0.2, 0) is 11.3 Å². The lowest BCUT2D eigenvalue weighted by atomic mass is 10.1. The van der Waals surface area contributed by atoms with E-state index in [2.05, 4.69) is 0 Å². The van der Waals surface area contributed by atoms with Gasteiger partial charge in [-0.05, 0) is 44.0 Å². The number of carboxylic acid groups (broad SMARTS) is 1. The van der Waals surface area contributed by atoms with E-state index in [1.807, 2.05) is 13.0 Å². The number of benzene rings is 1. The molecule has 0 amide bonds. The fourth-order valence-corrected chi connectivity index (χ4v) is 1.30. The number of carboxylic acids is 1. The number of nitrogens with two attached hydrogens (primary N) is 1. The van der Waals surface area contributed by atoms with Gasteiger partial charge in [-0.15, -0.1) is 0 Å². The molecular weight excluding hydrogens is 206 g/mol. The lowest BCUT2D eigenvalue weighted by molar-refractivity contribution is -0.152. The topological polar surface area (TPSA) is 72.5 Å². The van der Waals surface area contributed by atoms with Crippen LogP contribution in [0.25, 0.3) is 0 Å². The summed E-state index contributed by atoms with van der Waals surface area (Å²) >= 11 is 0. The molecule has 4 heteroatoms. The Kier molecular flexibility index (Phi) is 3.55. The van der Waals surface area contributed by atoms with Crippen LogP contribution >= 0.6 is 0 Å². The lowest BCUT2D eigenvalue weighted by Gasteiger charge is -2.22. The maximum absolute atomic E-state index is 10.9. The van der Waals surface area contributed by atoms with Gasteiger partial charge in [0, 0.05) is 6.54 Å². The van der Waals surface area contributed by atoms with Gasteiger partial charge in [0.15, 0.2) is 5.60 Å². The summed E-state index contributed by atoms with van der Waals surface area (Å²) in [5, 5.41) is 8.93.